The summed E-state index contributed by atoms with van der Waals surface area (Å²) in [5, 5.41) is 8.93. The highest BCUT2D eigenvalue weighted by Crippen LogP contribution is 2.25. The van der Waals surface area contributed by atoms with Crippen LogP contribution in [-0.4, -0.2) is 8.42 Å². The number of hydrogen-bond acceptors (Lipinski definition) is 4. The molecule has 0 spiro atoms. The van der Waals surface area contributed by atoms with E-state index >= 15 is 0 Å². The molecule has 0 bridgehead atoms. The van der Waals surface area contributed by atoms with Gasteiger partial charge in [-0.05, 0) is 30.3 Å². The lowest BCUT2D eigenvalue weighted by atomic mass is 10.2. The maximum Gasteiger partial charge on any atom is 0.342 e. The maximum atomic E-state index is 13.6. The van der Waals surface area contributed by atoms with E-state index in [0.717, 1.165) is 12.1 Å². The average Bonchev–Trinajstić information content (AvgIpc) is 2.38. The van der Waals surface area contributed by atoms with Crippen LogP contribution in [0.5, 0.6) is 5.75 Å². The third-order valence-corrected chi connectivity index (χ3v) is 3.87. The minimum atomic E-state index is -4.38. The standard InChI is InChI=1S/C13H7ClFNO3S/c14-10-5-6-13(11(15)7-10)20(17,18)19-12-4-2-1-3-9(12)8-16/h1-7H. The fourth-order valence-corrected chi connectivity index (χ4v) is 2.64. The Hall–Kier alpha value is -2.10. The number of benzene rings is 2. The van der Waals surface area contributed by atoms with E-state index in [1.807, 2.05) is 0 Å². The highest BCUT2D eigenvalue weighted by Gasteiger charge is 2.22. The minimum Gasteiger partial charge on any atom is -0.377 e. The van der Waals surface area contributed by atoms with Crippen molar-refractivity contribution in [1.29, 1.82) is 5.26 Å². The summed E-state index contributed by atoms with van der Waals surface area (Å²) in [7, 11) is -4.38. The molecule has 0 aliphatic carbocycles. The molecule has 0 aromatic heterocycles. The van der Waals surface area contributed by atoms with Crippen molar-refractivity contribution in [3.63, 3.8) is 0 Å². The minimum absolute atomic E-state index is 0.0328. The lowest BCUT2D eigenvalue weighted by molar-refractivity contribution is 0.476. The lowest BCUT2D eigenvalue weighted by Gasteiger charge is -2.08. The molecular weight excluding hydrogens is 305 g/mol. The number of para-hydroxylation sites is 1. The van der Waals surface area contributed by atoms with Crippen LogP contribution < -0.4 is 4.18 Å². The Kier molecular flexibility index (Phi) is 3.93. The Labute approximate surface area is 120 Å². The molecule has 0 heterocycles. The molecule has 0 radical (unpaired) electrons. The molecule has 0 saturated heterocycles. The molecule has 0 fully saturated rings. The van der Waals surface area contributed by atoms with E-state index in [0.29, 0.717) is 0 Å². The summed E-state index contributed by atoms with van der Waals surface area (Å²) >= 11 is 5.56. The number of hydrogen-bond donors (Lipinski definition) is 0. The fraction of sp³-hybridized carbons (Fsp3) is 0. The lowest BCUT2D eigenvalue weighted by Crippen LogP contribution is -2.12. The zero-order valence-corrected chi connectivity index (χ0v) is 11.5. The third-order valence-electron chi connectivity index (χ3n) is 2.37. The van der Waals surface area contributed by atoms with E-state index in [9.17, 15) is 12.8 Å². The van der Waals surface area contributed by atoms with Crippen LogP contribution in [-0.2, 0) is 10.1 Å². The maximum absolute atomic E-state index is 13.6. The van der Waals surface area contributed by atoms with E-state index in [4.69, 9.17) is 21.0 Å². The second kappa shape index (κ2) is 5.49. The topological polar surface area (TPSA) is 67.2 Å². The quantitative estimate of drug-likeness (QED) is 0.817. The third kappa shape index (κ3) is 2.90. The molecule has 0 saturated carbocycles. The molecule has 0 unspecified atom stereocenters. The Morgan fingerprint density at radius 3 is 2.55 bits per heavy atom. The second-order valence-corrected chi connectivity index (χ2v) is 5.67. The SMILES string of the molecule is N#Cc1ccccc1OS(=O)(=O)c1ccc(Cl)cc1F. The van der Waals surface area contributed by atoms with Crippen molar-refractivity contribution >= 4 is 21.7 Å². The van der Waals surface area contributed by atoms with Crippen molar-refractivity contribution in [2.45, 2.75) is 4.90 Å². The van der Waals surface area contributed by atoms with Gasteiger partial charge in [-0.2, -0.15) is 13.7 Å². The number of nitriles is 1. The Balaban J connectivity index is 2.44. The van der Waals surface area contributed by atoms with E-state index in [-0.39, 0.29) is 16.3 Å². The summed E-state index contributed by atoms with van der Waals surface area (Å²) in [5.74, 6) is -1.18. The van der Waals surface area contributed by atoms with Gasteiger partial charge in [0, 0.05) is 5.02 Å². The molecule has 0 amide bonds. The van der Waals surface area contributed by atoms with Gasteiger partial charge in [0.05, 0.1) is 5.56 Å². The van der Waals surface area contributed by atoms with Crippen molar-refractivity contribution in [2.24, 2.45) is 0 Å². The normalized spacial score (nSPS) is 10.8. The van der Waals surface area contributed by atoms with Gasteiger partial charge < -0.3 is 4.18 Å². The molecule has 7 heteroatoms. The Bertz CT molecular complexity index is 800. The summed E-state index contributed by atoms with van der Waals surface area (Å²) in [6, 6.07) is 10.7. The summed E-state index contributed by atoms with van der Waals surface area (Å²) in [4.78, 5) is -0.644. The van der Waals surface area contributed by atoms with Crippen molar-refractivity contribution in [1.82, 2.24) is 0 Å². The molecule has 2 aromatic rings. The first kappa shape index (κ1) is 14.3. The van der Waals surface area contributed by atoms with Crippen molar-refractivity contribution in [3.8, 4) is 11.8 Å². The molecular formula is C13H7ClFNO3S. The van der Waals surface area contributed by atoms with Crippen LogP contribution in [0.4, 0.5) is 4.39 Å². The van der Waals surface area contributed by atoms with Crippen LogP contribution in [0.15, 0.2) is 47.4 Å². The van der Waals surface area contributed by atoms with Crippen LogP contribution in [0.25, 0.3) is 0 Å². The van der Waals surface area contributed by atoms with Gasteiger partial charge in [0.15, 0.2) is 5.75 Å². The fourth-order valence-electron chi connectivity index (χ4n) is 1.47. The van der Waals surface area contributed by atoms with E-state index in [1.54, 1.807) is 12.1 Å². The van der Waals surface area contributed by atoms with Gasteiger partial charge in [0.2, 0.25) is 0 Å². The summed E-state index contributed by atoms with van der Waals surface area (Å²) in [6.07, 6.45) is 0. The van der Waals surface area contributed by atoms with E-state index in [1.165, 1.54) is 24.3 Å². The zero-order chi connectivity index (χ0) is 14.8. The number of halogens is 2. The van der Waals surface area contributed by atoms with Crippen LogP contribution >= 0.6 is 11.6 Å². The molecule has 0 aliphatic rings. The predicted molar refractivity (Wildman–Crippen MR) is 70.4 cm³/mol. The van der Waals surface area contributed by atoms with Crippen LogP contribution in [0, 0.1) is 17.1 Å². The van der Waals surface area contributed by atoms with Crippen molar-refractivity contribution < 1.29 is 17.0 Å². The van der Waals surface area contributed by atoms with Gasteiger partial charge in [-0.1, -0.05) is 23.7 Å². The Morgan fingerprint density at radius 2 is 1.90 bits per heavy atom. The first-order valence-corrected chi connectivity index (χ1v) is 7.11. The number of rotatable bonds is 3. The molecule has 2 aromatic carbocycles. The van der Waals surface area contributed by atoms with Crippen LogP contribution in [0.1, 0.15) is 5.56 Å². The summed E-state index contributed by atoms with van der Waals surface area (Å²) < 4.78 is 42.4. The van der Waals surface area contributed by atoms with E-state index in [2.05, 4.69) is 0 Å². The number of nitrogens with zero attached hydrogens (tertiary/aromatic N) is 1. The molecule has 20 heavy (non-hydrogen) atoms. The van der Waals surface area contributed by atoms with Crippen molar-refractivity contribution in [3.05, 3.63) is 58.9 Å². The van der Waals surface area contributed by atoms with Crippen molar-refractivity contribution in [2.75, 3.05) is 0 Å². The van der Waals surface area contributed by atoms with Crippen LogP contribution in [0.3, 0.4) is 0 Å². The predicted octanol–water partition coefficient (Wildman–Crippen LogP) is 3.12. The molecule has 102 valence electrons. The van der Waals surface area contributed by atoms with Gasteiger partial charge in [-0.25, -0.2) is 4.39 Å². The van der Waals surface area contributed by atoms with Gasteiger partial charge in [0.25, 0.3) is 0 Å². The molecule has 2 rings (SSSR count). The van der Waals surface area contributed by atoms with Gasteiger partial charge in [-0.15, -0.1) is 0 Å². The molecule has 4 nitrogen and oxygen atoms in total. The first-order chi connectivity index (χ1) is 9.44. The van der Waals surface area contributed by atoms with Gasteiger partial charge in [-0.3, -0.25) is 0 Å². The highest BCUT2D eigenvalue weighted by atomic mass is 35.5. The summed E-state index contributed by atoms with van der Waals surface area (Å²) in [6.45, 7) is 0. The van der Waals surface area contributed by atoms with Gasteiger partial charge in [0.1, 0.15) is 16.8 Å². The second-order valence-electron chi connectivity index (χ2n) is 3.72. The molecule has 0 atom stereocenters. The van der Waals surface area contributed by atoms with Crippen LogP contribution in [0.2, 0.25) is 5.02 Å². The highest BCUT2D eigenvalue weighted by molar-refractivity contribution is 7.87. The van der Waals surface area contributed by atoms with Gasteiger partial charge >= 0.3 is 10.1 Å². The average molecular weight is 312 g/mol. The van der Waals surface area contributed by atoms with E-state index < -0.39 is 20.8 Å². The molecule has 0 N–H and O–H groups in total. The summed E-state index contributed by atoms with van der Waals surface area (Å²) in [5.41, 5.74) is 0.0328. The Morgan fingerprint density at radius 1 is 1.20 bits per heavy atom. The first-order valence-electron chi connectivity index (χ1n) is 5.33. The smallest absolute Gasteiger partial charge is 0.342 e. The largest absolute Gasteiger partial charge is 0.377 e. The zero-order valence-electron chi connectivity index (χ0n) is 9.88. The monoisotopic (exact) mass is 311 g/mol. The molecule has 0 aliphatic heterocycles.